The van der Waals surface area contributed by atoms with E-state index in [0.717, 1.165) is 18.7 Å². The molecule has 0 bridgehead atoms. The minimum absolute atomic E-state index is 0.138. The average molecular weight is 385 g/mol. The molecule has 0 spiro atoms. The van der Waals surface area contributed by atoms with Crippen LogP contribution in [0.15, 0.2) is 24.7 Å². The second-order valence-corrected chi connectivity index (χ2v) is 7.36. The summed E-state index contributed by atoms with van der Waals surface area (Å²) in [7, 11) is 0. The first kappa shape index (κ1) is 17.3. The summed E-state index contributed by atoms with van der Waals surface area (Å²) < 4.78 is 25.0. The number of nitrogens with one attached hydrogen (secondary N) is 1. The summed E-state index contributed by atoms with van der Waals surface area (Å²) in [6.45, 7) is 0.615. The Bertz CT molecular complexity index is 890. The standard InChI is InChI=1S/C19H20FN5O3/c20-12-5-15(19(26)24-13-6-22-18(23-7-13)11-1-2-11)25(8-12)9-14-17-16(3-4-21-14)27-10-28-17/h3-4,6-7,11-12,15H,1-2,5,8-10H2,(H,24,26)/t12-,15+/m0/s1. The summed E-state index contributed by atoms with van der Waals surface area (Å²) in [5.74, 6) is 2.18. The quantitative estimate of drug-likeness (QED) is 0.842. The number of carbonyl (C=O) groups excluding carboxylic acids is 1. The summed E-state index contributed by atoms with van der Waals surface area (Å²) in [5, 5.41) is 2.81. The van der Waals surface area contributed by atoms with E-state index in [2.05, 4.69) is 20.3 Å². The first-order valence-corrected chi connectivity index (χ1v) is 9.42. The second-order valence-electron chi connectivity index (χ2n) is 7.36. The Morgan fingerprint density at radius 2 is 2.07 bits per heavy atom. The summed E-state index contributed by atoms with van der Waals surface area (Å²) in [6.07, 6.45) is 6.15. The van der Waals surface area contributed by atoms with Gasteiger partial charge in [-0.3, -0.25) is 14.7 Å². The third-order valence-corrected chi connectivity index (χ3v) is 5.25. The molecule has 2 aromatic rings. The highest BCUT2D eigenvalue weighted by Crippen LogP contribution is 2.38. The maximum Gasteiger partial charge on any atom is 0.241 e. The van der Waals surface area contributed by atoms with Crippen LogP contribution in [0.1, 0.15) is 36.7 Å². The fraction of sp³-hybridized carbons (Fsp3) is 0.474. The van der Waals surface area contributed by atoms with Crippen molar-refractivity contribution in [2.75, 3.05) is 18.7 Å². The second kappa shape index (κ2) is 6.97. The number of alkyl halides is 1. The van der Waals surface area contributed by atoms with Gasteiger partial charge in [-0.15, -0.1) is 0 Å². The van der Waals surface area contributed by atoms with Crippen LogP contribution in [-0.2, 0) is 11.3 Å². The van der Waals surface area contributed by atoms with Crippen LogP contribution in [0.3, 0.4) is 0 Å². The lowest BCUT2D eigenvalue weighted by atomic mass is 10.2. The molecule has 2 fully saturated rings. The molecule has 28 heavy (non-hydrogen) atoms. The highest BCUT2D eigenvalue weighted by atomic mass is 19.1. The van der Waals surface area contributed by atoms with Crippen LogP contribution >= 0.6 is 0 Å². The van der Waals surface area contributed by atoms with Crippen LogP contribution in [0.2, 0.25) is 0 Å². The summed E-state index contributed by atoms with van der Waals surface area (Å²) in [6, 6.07) is 1.13. The fourth-order valence-electron chi connectivity index (χ4n) is 3.67. The minimum atomic E-state index is -1.07. The molecule has 2 aliphatic heterocycles. The van der Waals surface area contributed by atoms with E-state index in [1.54, 1.807) is 29.6 Å². The number of ether oxygens (including phenoxy) is 2. The van der Waals surface area contributed by atoms with Crippen molar-refractivity contribution in [2.24, 2.45) is 0 Å². The Morgan fingerprint density at radius 1 is 1.25 bits per heavy atom. The number of likely N-dealkylation sites (tertiary alicyclic amines) is 1. The summed E-state index contributed by atoms with van der Waals surface area (Å²) in [4.78, 5) is 27.5. The van der Waals surface area contributed by atoms with Crippen molar-refractivity contribution < 1.29 is 18.7 Å². The smallest absolute Gasteiger partial charge is 0.241 e. The number of pyridine rings is 1. The van der Waals surface area contributed by atoms with Crippen LogP contribution in [-0.4, -0.2) is 51.3 Å². The van der Waals surface area contributed by atoms with Gasteiger partial charge in [0, 0.05) is 37.7 Å². The molecular formula is C19H20FN5O3. The van der Waals surface area contributed by atoms with Gasteiger partial charge in [0.2, 0.25) is 12.7 Å². The van der Waals surface area contributed by atoms with E-state index >= 15 is 0 Å². The molecule has 1 N–H and O–H groups in total. The molecule has 4 heterocycles. The molecule has 146 valence electrons. The molecule has 3 aliphatic rings. The van der Waals surface area contributed by atoms with Gasteiger partial charge >= 0.3 is 0 Å². The normalized spacial score (nSPS) is 23.8. The van der Waals surface area contributed by atoms with Crippen LogP contribution in [0, 0.1) is 0 Å². The first-order chi connectivity index (χ1) is 13.7. The number of amides is 1. The Hall–Kier alpha value is -2.81. The predicted molar refractivity (Wildman–Crippen MR) is 96.7 cm³/mol. The Kier molecular flexibility index (Phi) is 4.31. The number of fused-ring (bicyclic) bond motifs is 1. The van der Waals surface area contributed by atoms with E-state index in [1.165, 1.54) is 0 Å². The van der Waals surface area contributed by atoms with Gasteiger partial charge in [0.25, 0.3) is 0 Å². The molecule has 5 rings (SSSR count). The highest BCUT2D eigenvalue weighted by molar-refractivity contribution is 5.94. The van der Waals surface area contributed by atoms with Gasteiger partial charge in [-0.05, 0) is 12.8 Å². The highest BCUT2D eigenvalue weighted by Gasteiger charge is 2.38. The molecule has 0 aromatic carbocycles. The number of rotatable bonds is 5. The Morgan fingerprint density at radius 3 is 2.86 bits per heavy atom. The van der Waals surface area contributed by atoms with E-state index in [1.807, 2.05) is 0 Å². The lowest BCUT2D eigenvalue weighted by Gasteiger charge is -2.23. The lowest BCUT2D eigenvalue weighted by Crippen LogP contribution is -2.39. The van der Waals surface area contributed by atoms with Crippen molar-refractivity contribution in [2.45, 2.75) is 43.9 Å². The lowest BCUT2D eigenvalue weighted by molar-refractivity contribution is -0.120. The SMILES string of the molecule is O=C(Nc1cnc(C2CC2)nc1)[C@H]1C[C@H](F)CN1Cc1nccc2c1OCO2. The number of anilines is 1. The molecule has 1 amide bonds. The number of halogens is 1. The van der Waals surface area contributed by atoms with Crippen molar-refractivity contribution >= 4 is 11.6 Å². The summed E-state index contributed by atoms with van der Waals surface area (Å²) >= 11 is 0. The third-order valence-electron chi connectivity index (χ3n) is 5.25. The molecular weight excluding hydrogens is 365 g/mol. The summed E-state index contributed by atoms with van der Waals surface area (Å²) in [5.41, 5.74) is 1.16. The van der Waals surface area contributed by atoms with Gasteiger partial charge in [0.1, 0.15) is 17.7 Å². The zero-order valence-electron chi connectivity index (χ0n) is 15.2. The van der Waals surface area contributed by atoms with Crippen LogP contribution in [0.5, 0.6) is 11.5 Å². The van der Waals surface area contributed by atoms with Gasteiger partial charge in [-0.2, -0.15) is 0 Å². The molecule has 1 saturated heterocycles. The molecule has 2 atom stereocenters. The monoisotopic (exact) mass is 385 g/mol. The number of nitrogens with zero attached hydrogens (tertiary/aromatic N) is 4. The predicted octanol–water partition coefficient (Wildman–Crippen LogP) is 2.03. The number of aromatic nitrogens is 3. The Labute approximate surface area is 161 Å². The van der Waals surface area contributed by atoms with Gasteiger partial charge in [-0.1, -0.05) is 0 Å². The van der Waals surface area contributed by atoms with Crippen molar-refractivity contribution in [3.05, 3.63) is 36.2 Å². The van der Waals surface area contributed by atoms with Gasteiger partial charge in [0.15, 0.2) is 11.5 Å². The van der Waals surface area contributed by atoms with E-state index in [0.29, 0.717) is 35.3 Å². The Balaban J connectivity index is 1.29. The molecule has 1 saturated carbocycles. The number of hydrogen-bond acceptors (Lipinski definition) is 7. The van der Waals surface area contributed by atoms with Gasteiger partial charge in [-0.25, -0.2) is 14.4 Å². The molecule has 1 aliphatic carbocycles. The molecule has 9 heteroatoms. The maximum absolute atomic E-state index is 14.1. The molecule has 8 nitrogen and oxygen atoms in total. The fourth-order valence-corrected chi connectivity index (χ4v) is 3.67. The van der Waals surface area contributed by atoms with Gasteiger partial charge < -0.3 is 14.8 Å². The molecule has 2 aromatic heterocycles. The van der Waals surface area contributed by atoms with Crippen LogP contribution in [0.4, 0.5) is 10.1 Å². The average Bonchev–Trinajstić information content (AvgIpc) is 3.31. The number of carbonyl (C=O) groups is 1. The van der Waals surface area contributed by atoms with Crippen molar-refractivity contribution in [3.63, 3.8) is 0 Å². The minimum Gasteiger partial charge on any atom is -0.453 e. The van der Waals surface area contributed by atoms with Gasteiger partial charge in [0.05, 0.1) is 24.1 Å². The van der Waals surface area contributed by atoms with E-state index in [4.69, 9.17) is 9.47 Å². The van der Waals surface area contributed by atoms with Crippen LogP contribution in [0.25, 0.3) is 0 Å². The molecule has 0 radical (unpaired) electrons. The van der Waals surface area contributed by atoms with Crippen molar-refractivity contribution in [1.82, 2.24) is 19.9 Å². The van der Waals surface area contributed by atoms with Crippen molar-refractivity contribution in [3.8, 4) is 11.5 Å². The van der Waals surface area contributed by atoms with E-state index in [-0.39, 0.29) is 25.7 Å². The van der Waals surface area contributed by atoms with Crippen molar-refractivity contribution in [1.29, 1.82) is 0 Å². The topological polar surface area (TPSA) is 89.5 Å². The van der Waals surface area contributed by atoms with Crippen LogP contribution < -0.4 is 14.8 Å². The molecule has 0 unspecified atom stereocenters. The van der Waals surface area contributed by atoms with E-state index < -0.39 is 12.2 Å². The first-order valence-electron chi connectivity index (χ1n) is 9.42. The largest absolute Gasteiger partial charge is 0.453 e. The maximum atomic E-state index is 14.1. The zero-order chi connectivity index (χ0) is 19.1. The third kappa shape index (κ3) is 3.37. The van der Waals surface area contributed by atoms with E-state index in [9.17, 15) is 9.18 Å². The zero-order valence-corrected chi connectivity index (χ0v) is 15.2. The number of hydrogen-bond donors (Lipinski definition) is 1.